The maximum absolute atomic E-state index is 14.1. The van der Waals surface area contributed by atoms with Gasteiger partial charge in [-0.15, -0.1) is 0 Å². The summed E-state index contributed by atoms with van der Waals surface area (Å²) in [5.74, 6) is 4.15. The van der Waals surface area contributed by atoms with E-state index in [1.807, 2.05) is 0 Å². The molecule has 0 aliphatic heterocycles. The summed E-state index contributed by atoms with van der Waals surface area (Å²) in [6.07, 6.45) is 1.55. The topological polar surface area (TPSA) is 50.9 Å². The molecular weight excluding hydrogens is 316 g/mol. The molecule has 0 radical (unpaired) electrons. The standard InChI is InChI=1S/C13H12BrF2N3/c1-7-2-4-9(15)11(12(7)16)13(19-17)10-5-3-8(14)6-18-10/h2-6,13,19H,17H2,1H3. The van der Waals surface area contributed by atoms with E-state index in [2.05, 4.69) is 26.3 Å². The van der Waals surface area contributed by atoms with Crippen LogP contribution < -0.4 is 11.3 Å². The number of nitrogens with one attached hydrogen (secondary N) is 1. The van der Waals surface area contributed by atoms with E-state index in [0.29, 0.717) is 11.3 Å². The normalized spacial score (nSPS) is 12.5. The quantitative estimate of drug-likeness (QED) is 0.673. The molecule has 2 rings (SSSR count). The van der Waals surface area contributed by atoms with E-state index in [1.165, 1.54) is 12.1 Å². The highest BCUT2D eigenvalue weighted by Crippen LogP contribution is 2.27. The fourth-order valence-corrected chi connectivity index (χ4v) is 2.05. The molecule has 1 atom stereocenters. The maximum atomic E-state index is 14.1. The first kappa shape index (κ1) is 14.0. The predicted octanol–water partition coefficient (Wildman–Crippen LogP) is 2.98. The van der Waals surface area contributed by atoms with Crippen LogP contribution in [0.2, 0.25) is 0 Å². The lowest BCUT2D eigenvalue weighted by molar-refractivity contribution is 0.501. The minimum absolute atomic E-state index is 0.127. The summed E-state index contributed by atoms with van der Waals surface area (Å²) in [4.78, 5) is 4.12. The smallest absolute Gasteiger partial charge is 0.134 e. The predicted molar refractivity (Wildman–Crippen MR) is 72.2 cm³/mol. The molecular formula is C13H12BrF2N3. The third-order valence-electron chi connectivity index (χ3n) is 2.82. The summed E-state index contributed by atoms with van der Waals surface area (Å²) in [6.45, 7) is 1.57. The van der Waals surface area contributed by atoms with Crippen molar-refractivity contribution in [2.45, 2.75) is 13.0 Å². The lowest BCUT2D eigenvalue weighted by Gasteiger charge is -2.18. The van der Waals surface area contributed by atoms with Crippen molar-refractivity contribution < 1.29 is 8.78 Å². The first-order valence-corrected chi connectivity index (χ1v) is 6.36. The van der Waals surface area contributed by atoms with Gasteiger partial charge in [-0.25, -0.2) is 14.2 Å². The highest BCUT2D eigenvalue weighted by molar-refractivity contribution is 9.10. The van der Waals surface area contributed by atoms with Gasteiger partial charge in [-0.3, -0.25) is 10.8 Å². The van der Waals surface area contributed by atoms with Crippen molar-refractivity contribution in [1.29, 1.82) is 0 Å². The molecule has 1 aromatic heterocycles. The Bertz CT molecular complexity index is 587. The molecule has 1 unspecified atom stereocenters. The maximum Gasteiger partial charge on any atom is 0.134 e. The molecule has 0 fully saturated rings. The summed E-state index contributed by atoms with van der Waals surface area (Å²) in [5.41, 5.74) is 3.07. The molecule has 0 spiro atoms. The second-order valence-electron chi connectivity index (χ2n) is 4.09. The van der Waals surface area contributed by atoms with E-state index in [1.54, 1.807) is 25.3 Å². The average molecular weight is 328 g/mol. The zero-order chi connectivity index (χ0) is 14.0. The monoisotopic (exact) mass is 327 g/mol. The van der Waals surface area contributed by atoms with E-state index in [4.69, 9.17) is 5.84 Å². The van der Waals surface area contributed by atoms with Crippen LogP contribution in [0.4, 0.5) is 8.78 Å². The van der Waals surface area contributed by atoms with Crippen molar-refractivity contribution in [3.63, 3.8) is 0 Å². The van der Waals surface area contributed by atoms with Gasteiger partial charge in [0.25, 0.3) is 0 Å². The van der Waals surface area contributed by atoms with Gasteiger partial charge < -0.3 is 0 Å². The molecule has 6 heteroatoms. The molecule has 3 nitrogen and oxygen atoms in total. The Kier molecular flexibility index (Phi) is 4.24. The molecule has 100 valence electrons. The van der Waals surface area contributed by atoms with Gasteiger partial charge in [0.05, 0.1) is 11.7 Å². The fourth-order valence-electron chi connectivity index (χ4n) is 1.82. The second kappa shape index (κ2) is 5.73. The van der Waals surface area contributed by atoms with Crippen LogP contribution in [0.15, 0.2) is 34.9 Å². The van der Waals surface area contributed by atoms with Crippen LogP contribution in [-0.4, -0.2) is 4.98 Å². The van der Waals surface area contributed by atoms with Gasteiger partial charge in [-0.1, -0.05) is 6.07 Å². The summed E-state index contributed by atoms with van der Waals surface area (Å²) < 4.78 is 28.7. The van der Waals surface area contributed by atoms with Gasteiger partial charge in [0, 0.05) is 16.2 Å². The summed E-state index contributed by atoms with van der Waals surface area (Å²) in [7, 11) is 0. The highest BCUT2D eigenvalue weighted by atomic mass is 79.9. The number of rotatable bonds is 3. The number of halogens is 3. The fraction of sp³-hybridized carbons (Fsp3) is 0.154. The Morgan fingerprint density at radius 1 is 1.26 bits per heavy atom. The van der Waals surface area contributed by atoms with Crippen molar-refractivity contribution in [3.05, 3.63) is 63.4 Å². The number of hydrogen-bond acceptors (Lipinski definition) is 3. The van der Waals surface area contributed by atoms with E-state index >= 15 is 0 Å². The number of hydrazine groups is 1. The first-order valence-electron chi connectivity index (χ1n) is 5.56. The molecule has 19 heavy (non-hydrogen) atoms. The lowest BCUT2D eigenvalue weighted by Crippen LogP contribution is -2.31. The largest absolute Gasteiger partial charge is 0.271 e. The summed E-state index contributed by atoms with van der Waals surface area (Å²) in [5, 5.41) is 0. The van der Waals surface area contributed by atoms with Gasteiger partial charge in [0.2, 0.25) is 0 Å². The van der Waals surface area contributed by atoms with Crippen molar-refractivity contribution in [3.8, 4) is 0 Å². The molecule has 0 bridgehead atoms. The third kappa shape index (κ3) is 2.80. The van der Waals surface area contributed by atoms with Crippen molar-refractivity contribution >= 4 is 15.9 Å². The molecule has 0 saturated heterocycles. The van der Waals surface area contributed by atoms with Crippen molar-refractivity contribution in [2.75, 3.05) is 0 Å². The van der Waals surface area contributed by atoms with Crippen LogP contribution in [0.25, 0.3) is 0 Å². The molecule has 0 aliphatic carbocycles. The number of benzene rings is 1. The van der Waals surface area contributed by atoms with Crippen LogP contribution in [0.3, 0.4) is 0 Å². The minimum atomic E-state index is -0.840. The molecule has 1 heterocycles. The van der Waals surface area contributed by atoms with Gasteiger partial charge in [-0.2, -0.15) is 0 Å². The molecule has 0 saturated carbocycles. The number of aryl methyl sites for hydroxylation is 1. The number of nitrogens with zero attached hydrogens (tertiary/aromatic N) is 1. The SMILES string of the molecule is Cc1ccc(F)c(C(NN)c2ccc(Br)cn2)c1F. The molecule has 0 aliphatic rings. The van der Waals surface area contributed by atoms with Gasteiger partial charge in [0.1, 0.15) is 11.6 Å². The number of nitrogens with two attached hydrogens (primary N) is 1. The second-order valence-corrected chi connectivity index (χ2v) is 5.01. The Balaban J connectivity index is 2.54. The third-order valence-corrected chi connectivity index (χ3v) is 3.29. The summed E-state index contributed by atoms with van der Waals surface area (Å²) >= 11 is 3.25. The molecule has 1 aromatic carbocycles. The highest BCUT2D eigenvalue weighted by Gasteiger charge is 2.23. The van der Waals surface area contributed by atoms with Crippen molar-refractivity contribution in [2.24, 2.45) is 5.84 Å². The van der Waals surface area contributed by atoms with Crippen LogP contribution in [-0.2, 0) is 0 Å². The van der Waals surface area contributed by atoms with Crippen molar-refractivity contribution in [1.82, 2.24) is 10.4 Å². The van der Waals surface area contributed by atoms with E-state index < -0.39 is 17.7 Å². The van der Waals surface area contributed by atoms with Crippen LogP contribution in [0, 0.1) is 18.6 Å². The first-order chi connectivity index (χ1) is 9.04. The van der Waals surface area contributed by atoms with Crippen LogP contribution in [0.5, 0.6) is 0 Å². The Morgan fingerprint density at radius 3 is 2.58 bits per heavy atom. The molecule has 0 amide bonds. The Hall–Kier alpha value is -1.37. The number of hydrogen-bond donors (Lipinski definition) is 2. The van der Waals surface area contributed by atoms with Gasteiger partial charge in [-0.05, 0) is 46.6 Å². The molecule has 2 aromatic rings. The Morgan fingerprint density at radius 2 is 2.00 bits per heavy atom. The zero-order valence-electron chi connectivity index (χ0n) is 10.1. The zero-order valence-corrected chi connectivity index (χ0v) is 11.7. The van der Waals surface area contributed by atoms with E-state index in [9.17, 15) is 8.78 Å². The molecule has 3 N–H and O–H groups in total. The van der Waals surface area contributed by atoms with E-state index in [0.717, 1.165) is 4.47 Å². The van der Waals surface area contributed by atoms with Crippen LogP contribution >= 0.6 is 15.9 Å². The van der Waals surface area contributed by atoms with E-state index in [-0.39, 0.29) is 5.56 Å². The number of aromatic nitrogens is 1. The Labute approximate surface area is 117 Å². The number of pyridine rings is 1. The summed E-state index contributed by atoms with van der Waals surface area (Å²) in [6, 6.07) is 5.15. The lowest BCUT2D eigenvalue weighted by atomic mass is 10.00. The van der Waals surface area contributed by atoms with Gasteiger partial charge >= 0.3 is 0 Å². The average Bonchev–Trinajstić information content (AvgIpc) is 2.40. The van der Waals surface area contributed by atoms with Crippen LogP contribution in [0.1, 0.15) is 22.9 Å². The van der Waals surface area contributed by atoms with Gasteiger partial charge in [0.15, 0.2) is 0 Å². The minimum Gasteiger partial charge on any atom is -0.271 e.